The lowest BCUT2D eigenvalue weighted by atomic mass is 9.89. The Bertz CT molecular complexity index is 209. The summed E-state index contributed by atoms with van der Waals surface area (Å²) >= 11 is 0. The SMILES string of the molecule is CC(C)CCC(C)(CN)N(C)CC1CCCC1. The van der Waals surface area contributed by atoms with E-state index in [1.165, 1.54) is 45.1 Å². The molecule has 0 heterocycles. The van der Waals surface area contributed by atoms with Gasteiger partial charge in [0.2, 0.25) is 0 Å². The van der Waals surface area contributed by atoms with Gasteiger partial charge in [0, 0.05) is 18.6 Å². The fraction of sp³-hybridized carbons (Fsp3) is 1.00. The zero-order chi connectivity index (χ0) is 12.9. The van der Waals surface area contributed by atoms with Gasteiger partial charge in [0.05, 0.1) is 0 Å². The van der Waals surface area contributed by atoms with Crippen molar-refractivity contribution in [3.05, 3.63) is 0 Å². The highest BCUT2D eigenvalue weighted by Gasteiger charge is 2.29. The molecule has 0 aromatic heterocycles. The van der Waals surface area contributed by atoms with Crippen molar-refractivity contribution in [2.45, 2.75) is 64.8 Å². The van der Waals surface area contributed by atoms with E-state index in [0.29, 0.717) is 0 Å². The molecule has 1 unspecified atom stereocenters. The van der Waals surface area contributed by atoms with Gasteiger partial charge in [0.25, 0.3) is 0 Å². The Morgan fingerprint density at radius 3 is 2.35 bits per heavy atom. The maximum atomic E-state index is 6.03. The highest BCUT2D eigenvalue weighted by Crippen LogP contribution is 2.29. The highest BCUT2D eigenvalue weighted by molar-refractivity contribution is 4.87. The Hall–Kier alpha value is -0.0800. The van der Waals surface area contributed by atoms with Crippen LogP contribution >= 0.6 is 0 Å². The molecule has 0 amide bonds. The normalized spacial score (nSPS) is 21.4. The van der Waals surface area contributed by atoms with E-state index < -0.39 is 0 Å². The molecule has 0 bridgehead atoms. The third-order valence-electron chi connectivity index (χ3n) is 4.63. The van der Waals surface area contributed by atoms with Crippen LogP contribution in [-0.4, -0.2) is 30.6 Å². The number of hydrogen-bond acceptors (Lipinski definition) is 2. The molecule has 1 rings (SSSR count). The minimum atomic E-state index is 0.201. The molecular weight excluding hydrogens is 208 g/mol. The Balaban J connectivity index is 2.45. The van der Waals surface area contributed by atoms with Gasteiger partial charge in [-0.3, -0.25) is 4.90 Å². The zero-order valence-corrected chi connectivity index (χ0v) is 12.3. The summed E-state index contributed by atoms with van der Waals surface area (Å²) in [6.45, 7) is 8.96. The topological polar surface area (TPSA) is 29.3 Å². The third-order valence-corrected chi connectivity index (χ3v) is 4.63. The van der Waals surface area contributed by atoms with E-state index in [0.717, 1.165) is 18.4 Å². The molecule has 17 heavy (non-hydrogen) atoms. The molecule has 0 aliphatic heterocycles. The Labute approximate surface area is 108 Å². The van der Waals surface area contributed by atoms with E-state index in [1.807, 2.05) is 0 Å². The Morgan fingerprint density at radius 1 is 1.29 bits per heavy atom. The molecular formula is C15H32N2. The van der Waals surface area contributed by atoms with Crippen molar-refractivity contribution in [1.82, 2.24) is 4.90 Å². The second-order valence-electron chi connectivity index (χ2n) is 6.66. The van der Waals surface area contributed by atoms with Gasteiger partial charge in [-0.2, -0.15) is 0 Å². The number of rotatable bonds is 7. The van der Waals surface area contributed by atoms with Crippen molar-refractivity contribution in [1.29, 1.82) is 0 Å². The van der Waals surface area contributed by atoms with Gasteiger partial charge in [-0.1, -0.05) is 26.7 Å². The van der Waals surface area contributed by atoms with E-state index in [-0.39, 0.29) is 5.54 Å². The molecule has 0 radical (unpaired) electrons. The van der Waals surface area contributed by atoms with E-state index in [9.17, 15) is 0 Å². The van der Waals surface area contributed by atoms with Gasteiger partial charge in [-0.15, -0.1) is 0 Å². The molecule has 1 saturated carbocycles. The average Bonchev–Trinajstić information content (AvgIpc) is 2.78. The molecule has 102 valence electrons. The number of hydrogen-bond donors (Lipinski definition) is 1. The minimum absolute atomic E-state index is 0.201. The van der Waals surface area contributed by atoms with Gasteiger partial charge >= 0.3 is 0 Å². The van der Waals surface area contributed by atoms with Crippen LogP contribution in [0.25, 0.3) is 0 Å². The van der Waals surface area contributed by atoms with Crippen molar-refractivity contribution in [3.8, 4) is 0 Å². The van der Waals surface area contributed by atoms with E-state index in [2.05, 4.69) is 32.7 Å². The summed E-state index contributed by atoms with van der Waals surface area (Å²) in [6.07, 6.45) is 8.23. The lowest BCUT2D eigenvalue weighted by molar-refractivity contribution is 0.108. The predicted molar refractivity (Wildman–Crippen MR) is 76.1 cm³/mol. The molecule has 0 spiro atoms. The first-order valence-electron chi connectivity index (χ1n) is 7.39. The van der Waals surface area contributed by atoms with Crippen LogP contribution in [0, 0.1) is 11.8 Å². The van der Waals surface area contributed by atoms with E-state index in [4.69, 9.17) is 5.73 Å². The molecule has 2 nitrogen and oxygen atoms in total. The first kappa shape index (κ1) is 15.0. The van der Waals surface area contributed by atoms with Crippen LogP contribution in [0.2, 0.25) is 0 Å². The summed E-state index contributed by atoms with van der Waals surface area (Å²) in [5.74, 6) is 1.70. The third kappa shape index (κ3) is 4.59. The monoisotopic (exact) mass is 240 g/mol. The van der Waals surface area contributed by atoms with Crippen molar-refractivity contribution in [2.75, 3.05) is 20.1 Å². The van der Waals surface area contributed by atoms with Gasteiger partial charge in [-0.05, 0) is 51.5 Å². The first-order valence-corrected chi connectivity index (χ1v) is 7.39. The van der Waals surface area contributed by atoms with Gasteiger partial charge in [0.1, 0.15) is 0 Å². The van der Waals surface area contributed by atoms with Crippen LogP contribution in [0.15, 0.2) is 0 Å². The Morgan fingerprint density at radius 2 is 1.88 bits per heavy atom. The maximum Gasteiger partial charge on any atom is 0.0300 e. The molecule has 0 aromatic rings. The summed E-state index contributed by atoms with van der Waals surface area (Å²) < 4.78 is 0. The van der Waals surface area contributed by atoms with Gasteiger partial charge in [-0.25, -0.2) is 0 Å². The van der Waals surface area contributed by atoms with Crippen LogP contribution in [0.3, 0.4) is 0 Å². The molecule has 1 aliphatic carbocycles. The van der Waals surface area contributed by atoms with Crippen LogP contribution in [0.4, 0.5) is 0 Å². The van der Waals surface area contributed by atoms with E-state index >= 15 is 0 Å². The predicted octanol–water partition coefficient (Wildman–Crippen LogP) is 3.26. The fourth-order valence-corrected chi connectivity index (χ4v) is 2.85. The second-order valence-corrected chi connectivity index (χ2v) is 6.66. The molecule has 1 aliphatic rings. The highest BCUT2D eigenvalue weighted by atomic mass is 15.2. The molecule has 0 aromatic carbocycles. The minimum Gasteiger partial charge on any atom is -0.329 e. The summed E-state index contributed by atoms with van der Waals surface area (Å²) in [6, 6.07) is 0. The molecule has 2 heteroatoms. The van der Waals surface area contributed by atoms with Crippen molar-refractivity contribution in [3.63, 3.8) is 0 Å². The maximum absolute atomic E-state index is 6.03. The number of nitrogens with two attached hydrogens (primary N) is 1. The molecule has 1 fully saturated rings. The van der Waals surface area contributed by atoms with Crippen LogP contribution in [-0.2, 0) is 0 Å². The molecule has 2 N–H and O–H groups in total. The quantitative estimate of drug-likeness (QED) is 0.740. The largest absolute Gasteiger partial charge is 0.329 e. The van der Waals surface area contributed by atoms with Crippen LogP contribution < -0.4 is 5.73 Å². The smallest absolute Gasteiger partial charge is 0.0300 e. The zero-order valence-electron chi connectivity index (χ0n) is 12.3. The van der Waals surface area contributed by atoms with E-state index in [1.54, 1.807) is 0 Å². The van der Waals surface area contributed by atoms with Crippen LogP contribution in [0.1, 0.15) is 59.3 Å². The number of nitrogens with zero attached hydrogens (tertiary/aromatic N) is 1. The second kappa shape index (κ2) is 6.75. The van der Waals surface area contributed by atoms with Crippen molar-refractivity contribution in [2.24, 2.45) is 17.6 Å². The van der Waals surface area contributed by atoms with Crippen molar-refractivity contribution < 1.29 is 0 Å². The standard InChI is InChI=1S/C15H32N2/c1-13(2)9-10-15(3,12-16)17(4)11-14-7-5-6-8-14/h13-14H,5-12,16H2,1-4H3. The molecule has 0 saturated heterocycles. The van der Waals surface area contributed by atoms with Gasteiger partial charge in [0.15, 0.2) is 0 Å². The summed E-state index contributed by atoms with van der Waals surface area (Å²) in [5, 5.41) is 0. The Kier molecular flexibility index (Phi) is 5.94. The lowest BCUT2D eigenvalue weighted by Gasteiger charge is -2.40. The number of likely N-dealkylation sites (N-methyl/N-ethyl adjacent to an activating group) is 1. The van der Waals surface area contributed by atoms with Crippen LogP contribution in [0.5, 0.6) is 0 Å². The summed E-state index contributed by atoms with van der Waals surface area (Å²) in [5.41, 5.74) is 6.23. The molecule has 1 atom stereocenters. The summed E-state index contributed by atoms with van der Waals surface area (Å²) in [7, 11) is 2.27. The fourth-order valence-electron chi connectivity index (χ4n) is 2.85. The first-order chi connectivity index (χ1) is 7.98. The lowest BCUT2D eigenvalue weighted by Crippen LogP contribution is -2.51. The summed E-state index contributed by atoms with van der Waals surface area (Å²) in [4.78, 5) is 2.53. The van der Waals surface area contributed by atoms with Gasteiger partial charge < -0.3 is 5.73 Å². The average molecular weight is 240 g/mol. The van der Waals surface area contributed by atoms with Crippen molar-refractivity contribution >= 4 is 0 Å².